The molecule has 1 N–H and O–H groups in total. The Kier molecular flexibility index (Phi) is 6.78. The van der Waals surface area contributed by atoms with Crippen molar-refractivity contribution in [1.29, 1.82) is 0 Å². The molecule has 0 radical (unpaired) electrons. The minimum atomic E-state index is -1.25. The van der Waals surface area contributed by atoms with Crippen molar-refractivity contribution in [3.63, 3.8) is 0 Å². The monoisotopic (exact) mass is 421 g/mol. The molecule has 0 aliphatic heterocycles. The van der Waals surface area contributed by atoms with Crippen LogP contribution >= 0.6 is 0 Å². The van der Waals surface area contributed by atoms with Gasteiger partial charge in [0.2, 0.25) is 0 Å². The Labute approximate surface area is 189 Å². The Morgan fingerprint density at radius 3 is 1.78 bits per heavy atom. The first-order valence-electron chi connectivity index (χ1n) is 10.9. The lowest BCUT2D eigenvalue weighted by Crippen LogP contribution is -2.44. The molecule has 0 aliphatic rings. The quantitative estimate of drug-likeness (QED) is 0.368. The molecule has 0 saturated heterocycles. The second kappa shape index (κ2) is 10.1. The molecule has 0 aliphatic carbocycles. The van der Waals surface area contributed by atoms with Gasteiger partial charge in [-0.05, 0) is 41.7 Å². The molecular weight excluding hydrogens is 394 g/mol. The normalized spacial score (nSPS) is 11.2. The van der Waals surface area contributed by atoms with Crippen LogP contribution in [-0.4, -0.2) is 12.5 Å². The number of nitrogens with one attached hydrogen (secondary N) is 1. The van der Waals surface area contributed by atoms with Gasteiger partial charge >= 0.3 is 0 Å². The Morgan fingerprint density at radius 2 is 1.22 bits per heavy atom. The molecule has 0 heterocycles. The van der Waals surface area contributed by atoms with Crippen LogP contribution in [0.5, 0.6) is 0 Å². The highest BCUT2D eigenvalue weighted by atomic mass is 16.5. The molecular formula is C29H27NO2. The first kappa shape index (κ1) is 21.5. The van der Waals surface area contributed by atoms with Gasteiger partial charge in [0, 0.05) is 12.3 Å². The van der Waals surface area contributed by atoms with E-state index in [0.717, 1.165) is 28.8 Å². The zero-order valence-electron chi connectivity index (χ0n) is 18.2. The third kappa shape index (κ3) is 4.48. The van der Waals surface area contributed by atoms with E-state index in [1.807, 2.05) is 104 Å². The van der Waals surface area contributed by atoms with Crippen LogP contribution in [0.4, 0.5) is 5.69 Å². The van der Waals surface area contributed by atoms with Crippen molar-refractivity contribution in [2.45, 2.75) is 18.9 Å². The Hall–Kier alpha value is -3.69. The third-order valence-corrected chi connectivity index (χ3v) is 5.54. The van der Waals surface area contributed by atoms with Crippen molar-refractivity contribution >= 4 is 11.6 Å². The van der Waals surface area contributed by atoms with E-state index in [1.165, 1.54) is 5.56 Å². The van der Waals surface area contributed by atoms with E-state index < -0.39 is 5.60 Å². The van der Waals surface area contributed by atoms with E-state index in [-0.39, 0.29) is 5.91 Å². The Bertz CT molecular complexity index is 1100. The van der Waals surface area contributed by atoms with E-state index >= 15 is 0 Å². The standard InChI is InChI=1S/C29H27NO2/c1-2-32-29(25-17-8-4-9-18-25,26-19-10-5-11-20-26)28(31)30-27-21-13-12-16-24(27)22-23-14-6-3-7-15-23/h3-21H,2,22H2,1H3,(H,30,31). The predicted molar refractivity (Wildman–Crippen MR) is 130 cm³/mol. The fourth-order valence-electron chi connectivity index (χ4n) is 4.05. The molecule has 4 rings (SSSR count). The summed E-state index contributed by atoms with van der Waals surface area (Å²) in [5.74, 6) is -0.211. The highest BCUT2D eigenvalue weighted by Crippen LogP contribution is 2.36. The average Bonchev–Trinajstić information content (AvgIpc) is 2.85. The molecule has 0 bridgehead atoms. The van der Waals surface area contributed by atoms with Crippen molar-refractivity contribution in [3.05, 3.63) is 138 Å². The lowest BCUT2D eigenvalue weighted by atomic mass is 9.84. The molecule has 0 spiro atoms. The van der Waals surface area contributed by atoms with Gasteiger partial charge in [0.15, 0.2) is 5.60 Å². The summed E-state index contributed by atoms with van der Waals surface area (Å²) in [5, 5.41) is 3.19. The smallest absolute Gasteiger partial charge is 0.265 e. The highest BCUT2D eigenvalue weighted by Gasteiger charge is 2.43. The van der Waals surface area contributed by atoms with Gasteiger partial charge in [0.25, 0.3) is 5.91 Å². The number of benzene rings is 4. The molecule has 3 heteroatoms. The second-order valence-electron chi connectivity index (χ2n) is 7.62. The summed E-state index contributed by atoms with van der Waals surface area (Å²) in [6.45, 7) is 2.31. The average molecular weight is 422 g/mol. The number of carbonyl (C=O) groups excluding carboxylic acids is 1. The van der Waals surface area contributed by atoms with Crippen molar-refractivity contribution in [2.24, 2.45) is 0 Å². The molecule has 32 heavy (non-hydrogen) atoms. The molecule has 0 fully saturated rings. The van der Waals surface area contributed by atoms with E-state index in [0.29, 0.717) is 6.61 Å². The molecule has 3 nitrogen and oxygen atoms in total. The van der Waals surface area contributed by atoms with Crippen LogP contribution in [0.25, 0.3) is 0 Å². The minimum Gasteiger partial charge on any atom is -0.356 e. The SMILES string of the molecule is CCOC(C(=O)Nc1ccccc1Cc1ccccc1)(c1ccccc1)c1ccccc1. The third-order valence-electron chi connectivity index (χ3n) is 5.54. The molecule has 0 atom stereocenters. The molecule has 160 valence electrons. The predicted octanol–water partition coefficient (Wildman–Crippen LogP) is 6.20. The van der Waals surface area contributed by atoms with Crippen LogP contribution in [0, 0.1) is 0 Å². The van der Waals surface area contributed by atoms with Crippen LogP contribution in [-0.2, 0) is 21.6 Å². The summed E-state index contributed by atoms with van der Waals surface area (Å²) in [6, 6.07) is 37.6. The minimum absolute atomic E-state index is 0.211. The number of hydrogen-bond acceptors (Lipinski definition) is 2. The number of hydrogen-bond donors (Lipinski definition) is 1. The lowest BCUT2D eigenvalue weighted by Gasteiger charge is -2.33. The van der Waals surface area contributed by atoms with Crippen LogP contribution < -0.4 is 5.32 Å². The van der Waals surface area contributed by atoms with Crippen LogP contribution in [0.3, 0.4) is 0 Å². The van der Waals surface area contributed by atoms with Gasteiger partial charge in [-0.3, -0.25) is 4.79 Å². The first-order chi connectivity index (χ1) is 15.7. The number of amides is 1. The van der Waals surface area contributed by atoms with Crippen LogP contribution in [0.1, 0.15) is 29.2 Å². The van der Waals surface area contributed by atoms with Crippen molar-refractivity contribution < 1.29 is 9.53 Å². The van der Waals surface area contributed by atoms with Gasteiger partial charge in [0.05, 0.1) is 0 Å². The van der Waals surface area contributed by atoms with E-state index in [2.05, 4.69) is 23.5 Å². The number of anilines is 1. The van der Waals surface area contributed by atoms with Gasteiger partial charge in [-0.1, -0.05) is 109 Å². The van der Waals surface area contributed by atoms with Crippen molar-refractivity contribution in [3.8, 4) is 0 Å². The fraction of sp³-hybridized carbons (Fsp3) is 0.138. The van der Waals surface area contributed by atoms with Crippen LogP contribution in [0.2, 0.25) is 0 Å². The number of rotatable bonds is 8. The van der Waals surface area contributed by atoms with E-state index in [4.69, 9.17) is 4.74 Å². The summed E-state index contributed by atoms with van der Waals surface area (Å²) in [6.07, 6.45) is 0.732. The van der Waals surface area contributed by atoms with Gasteiger partial charge in [-0.15, -0.1) is 0 Å². The molecule has 4 aromatic rings. The van der Waals surface area contributed by atoms with Gasteiger partial charge in [-0.25, -0.2) is 0 Å². The zero-order valence-corrected chi connectivity index (χ0v) is 18.2. The lowest BCUT2D eigenvalue weighted by molar-refractivity contribution is -0.136. The molecule has 0 unspecified atom stereocenters. The van der Waals surface area contributed by atoms with Crippen molar-refractivity contribution in [2.75, 3.05) is 11.9 Å². The summed E-state index contributed by atoms with van der Waals surface area (Å²) in [7, 11) is 0. The highest BCUT2D eigenvalue weighted by molar-refractivity contribution is 6.01. The number of para-hydroxylation sites is 1. The summed E-state index contributed by atoms with van der Waals surface area (Å²) < 4.78 is 6.28. The Balaban J connectivity index is 1.75. The topological polar surface area (TPSA) is 38.3 Å². The fourth-order valence-corrected chi connectivity index (χ4v) is 4.05. The van der Waals surface area contributed by atoms with Crippen LogP contribution in [0.15, 0.2) is 115 Å². The Morgan fingerprint density at radius 1 is 0.719 bits per heavy atom. The maximum absolute atomic E-state index is 14.0. The largest absolute Gasteiger partial charge is 0.356 e. The summed E-state index contributed by atoms with van der Waals surface area (Å²) in [5.41, 5.74) is 3.38. The van der Waals surface area contributed by atoms with Crippen molar-refractivity contribution in [1.82, 2.24) is 0 Å². The molecule has 4 aromatic carbocycles. The molecule has 0 aromatic heterocycles. The second-order valence-corrected chi connectivity index (χ2v) is 7.62. The maximum atomic E-state index is 14.0. The maximum Gasteiger partial charge on any atom is 0.265 e. The van der Waals surface area contributed by atoms with E-state index in [9.17, 15) is 4.79 Å². The molecule has 1 amide bonds. The summed E-state index contributed by atoms with van der Waals surface area (Å²) >= 11 is 0. The molecule has 0 saturated carbocycles. The number of carbonyl (C=O) groups is 1. The van der Waals surface area contributed by atoms with E-state index in [1.54, 1.807) is 0 Å². The summed E-state index contributed by atoms with van der Waals surface area (Å²) in [4.78, 5) is 14.0. The zero-order chi connectivity index (χ0) is 22.2. The number of ether oxygens (including phenoxy) is 1. The van der Waals surface area contributed by atoms with Gasteiger partial charge in [-0.2, -0.15) is 0 Å². The van der Waals surface area contributed by atoms with Gasteiger partial charge < -0.3 is 10.1 Å². The first-order valence-corrected chi connectivity index (χ1v) is 10.9. The van der Waals surface area contributed by atoms with Gasteiger partial charge in [0.1, 0.15) is 0 Å².